The first-order valence-corrected chi connectivity index (χ1v) is 9.16. The van der Waals surface area contributed by atoms with E-state index in [0.717, 1.165) is 35.8 Å². The molecule has 3 rings (SSSR count). The first-order chi connectivity index (χ1) is 12.6. The third-order valence-electron chi connectivity index (χ3n) is 4.46. The number of nitrogens with one attached hydrogen (secondary N) is 5. The predicted molar refractivity (Wildman–Crippen MR) is 106 cm³/mol. The summed E-state index contributed by atoms with van der Waals surface area (Å²) in [6.45, 7) is 3.63. The summed E-state index contributed by atoms with van der Waals surface area (Å²) in [6, 6.07) is 14.0. The van der Waals surface area contributed by atoms with Gasteiger partial charge >= 0.3 is 6.03 Å². The van der Waals surface area contributed by atoms with Gasteiger partial charge in [-0.15, -0.1) is 0 Å². The van der Waals surface area contributed by atoms with E-state index < -0.39 is 0 Å². The Morgan fingerprint density at radius 3 is 2.81 bits per heavy atom. The third-order valence-corrected chi connectivity index (χ3v) is 4.46. The van der Waals surface area contributed by atoms with Crippen molar-refractivity contribution in [2.24, 2.45) is 5.73 Å². The van der Waals surface area contributed by atoms with E-state index in [1.165, 1.54) is 0 Å². The van der Waals surface area contributed by atoms with E-state index in [-0.39, 0.29) is 24.5 Å². The standard InChI is InChI=1S/C19H28N6O/c1-13-11-17(21-10-4-9-20)24-18(22-13)25-19(26)23-16-8-7-14-5-2-3-6-15(14)12-16/h2-3,5-8,12-13,17-18,21-22,24H,4,9-11,20H2,1H3,(H2,23,25,26). The van der Waals surface area contributed by atoms with Crippen molar-refractivity contribution in [1.29, 1.82) is 0 Å². The van der Waals surface area contributed by atoms with Gasteiger partial charge in [-0.25, -0.2) is 4.79 Å². The number of rotatable bonds is 6. The van der Waals surface area contributed by atoms with E-state index in [0.29, 0.717) is 6.54 Å². The van der Waals surface area contributed by atoms with Crippen LogP contribution in [0.1, 0.15) is 19.8 Å². The van der Waals surface area contributed by atoms with Crippen molar-refractivity contribution >= 4 is 22.5 Å². The van der Waals surface area contributed by atoms with Crippen molar-refractivity contribution in [2.45, 2.75) is 38.3 Å². The number of carbonyl (C=O) groups excluding carboxylic acids is 1. The number of anilines is 1. The lowest BCUT2D eigenvalue weighted by atomic mass is 10.1. The maximum Gasteiger partial charge on any atom is 0.321 e. The molecule has 1 aliphatic rings. The highest BCUT2D eigenvalue weighted by Crippen LogP contribution is 2.18. The number of hydrogen-bond acceptors (Lipinski definition) is 5. The summed E-state index contributed by atoms with van der Waals surface area (Å²) >= 11 is 0. The fourth-order valence-corrected chi connectivity index (χ4v) is 3.19. The molecule has 26 heavy (non-hydrogen) atoms. The highest BCUT2D eigenvalue weighted by Gasteiger charge is 2.25. The van der Waals surface area contributed by atoms with Crippen LogP contribution in [0.5, 0.6) is 0 Å². The average Bonchev–Trinajstić information content (AvgIpc) is 2.61. The highest BCUT2D eigenvalue weighted by molar-refractivity contribution is 5.93. The number of carbonyl (C=O) groups is 1. The van der Waals surface area contributed by atoms with Crippen LogP contribution in [0.4, 0.5) is 10.5 Å². The minimum Gasteiger partial charge on any atom is -0.330 e. The van der Waals surface area contributed by atoms with Crippen molar-refractivity contribution in [1.82, 2.24) is 21.3 Å². The number of urea groups is 1. The van der Waals surface area contributed by atoms with Gasteiger partial charge in [-0.3, -0.25) is 10.6 Å². The third kappa shape index (κ3) is 5.15. The Kier molecular flexibility index (Phi) is 6.40. The largest absolute Gasteiger partial charge is 0.330 e. The molecule has 2 aromatic rings. The van der Waals surface area contributed by atoms with Crippen molar-refractivity contribution in [3.05, 3.63) is 42.5 Å². The Bertz CT molecular complexity index is 737. The van der Waals surface area contributed by atoms with Gasteiger partial charge < -0.3 is 21.7 Å². The molecule has 0 spiro atoms. The summed E-state index contributed by atoms with van der Waals surface area (Å²) < 4.78 is 0. The lowest BCUT2D eigenvalue weighted by molar-refractivity contribution is 0.193. The van der Waals surface area contributed by atoms with Crippen LogP contribution in [-0.4, -0.2) is 37.6 Å². The topological polar surface area (TPSA) is 103 Å². The average molecular weight is 356 g/mol. The zero-order chi connectivity index (χ0) is 18.4. The number of amides is 2. The summed E-state index contributed by atoms with van der Waals surface area (Å²) in [5.74, 6) is 0. The molecular weight excluding hydrogens is 328 g/mol. The van der Waals surface area contributed by atoms with Gasteiger partial charge in [0.1, 0.15) is 6.29 Å². The van der Waals surface area contributed by atoms with Crippen molar-refractivity contribution in [3.8, 4) is 0 Å². The molecule has 0 radical (unpaired) electrons. The minimum absolute atomic E-state index is 0.142. The lowest BCUT2D eigenvalue weighted by Gasteiger charge is -2.36. The van der Waals surface area contributed by atoms with Crippen LogP contribution in [0.15, 0.2) is 42.5 Å². The van der Waals surface area contributed by atoms with Gasteiger partial charge in [-0.05, 0) is 55.8 Å². The number of hydrogen-bond donors (Lipinski definition) is 6. The van der Waals surface area contributed by atoms with Crippen LogP contribution >= 0.6 is 0 Å². The number of nitrogens with two attached hydrogens (primary N) is 1. The first kappa shape index (κ1) is 18.6. The zero-order valence-corrected chi connectivity index (χ0v) is 15.1. The Morgan fingerprint density at radius 2 is 2.00 bits per heavy atom. The second kappa shape index (κ2) is 8.95. The molecule has 3 unspecified atom stereocenters. The second-order valence-corrected chi connectivity index (χ2v) is 6.71. The molecule has 1 aliphatic heterocycles. The Morgan fingerprint density at radius 1 is 1.19 bits per heavy atom. The Labute approximate surface area is 154 Å². The molecule has 3 atom stereocenters. The van der Waals surface area contributed by atoms with Gasteiger partial charge in [0.25, 0.3) is 0 Å². The maximum absolute atomic E-state index is 12.4. The van der Waals surface area contributed by atoms with Gasteiger partial charge in [0, 0.05) is 11.7 Å². The molecule has 1 heterocycles. The molecule has 140 valence electrons. The van der Waals surface area contributed by atoms with Crippen molar-refractivity contribution in [2.75, 3.05) is 18.4 Å². The molecule has 0 aliphatic carbocycles. The van der Waals surface area contributed by atoms with Gasteiger partial charge in [0.05, 0.1) is 6.17 Å². The minimum atomic E-state index is -0.297. The monoisotopic (exact) mass is 356 g/mol. The molecule has 2 aromatic carbocycles. The van der Waals surface area contributed by atoms with Gasteiger partial charge in [0.15, 0.2) is 0 Å². The van der Waals surface area contributed by atoms with Crippen molar-refractivity contribution in [3.63, 3.8) is 0 Å². The summed E-state index contributed by atoms with van der Waals surface area (Å²) in [4.78, 5) is 12.4. The molecule has 7 heteroatoms. The van der Waals surface area contributed by atoms with Crippen LogP contribution in [-0.2, 0) is 0 Å². The van der Waals surface area contributed by atoms with Crippen LogP contribution in [0.3, 0.4) is 0 Å². The molecule has 1 fully saturated rings. The molecule has 0 saturated carbocycles. The number of fused-ring (bicyclic) bond motifs is 1. The normalized spacial score (nSPS) is 22.9. The smallest absolute Gasteiger partial charge is 0.321 e. The SMILES string of the molecule is CC1CC(NCCCN)NC(NC(=O)Nc2ccc3ccccc3c2)N1. The van der Waals surface area contributed by atoms with E-state index in [4.69, 9.17) is 5.73 Å². The lowest BCUT2D eigenvalue weighted by Crippen LogP contribution is -2.67. The summed E-state index contributed by atoms with van der Waals surface area (Å²) in [7, 11) is 0. The summed E-state index contributed by atoms with van der Waals surface area (Å²) in [5.41, 5.74) is 6.30. The molecule has 0 aromatic heterocycles. The summed E-state index contributed by atoms with van der Waals surface area (Å²) in [5, 5.41) is 18.2. The first-order valence-electron chi connectivity index (χ1n) is 9.16. The summed E-state index contributed by atoms with van der Waals surface area (Å²) in [6.07, 6.45) is 1.72. The fourth-order valence-electron chi connectivity index (χ4n) is 3.19. The van der Waals surface area contributed by atoms with Gasteiger partial charge in [-0.1, -0.05) is 30.3 Å². The Balaban J connectivity index is 1.54. The van der Waals surface area contributed by atoms with E-state index >= 15 is 0 Å². The van der Waals surface area contributed by atoms with Crippen LogP contribution < -0.4 is 32.3 Å². The van der Waals surface area contributed by atoms with E-state index in [1.807, 2.05) is 42.5 Å². The molecule has 7 N–H and O–H groups in total. The van der Waals surface area contributed by atoms with Crippen LogP contribution in [0.25, 0.3) is 10.8 Å². The zero-order valence-electron chi connectivity index (χ0n) is 15.1. The van der Waals surface area contributed by atoms with Gasteiger partial charge in [-0.2, -0.15) is 0 Å². The molecule has 0 bridgehead atoms. The Hall–Kier alpha value is -2.19. The number of benzene rings is 2. The van der Waals surface area contributed by atoms with Crippen molar-refractivity contribution < 1.29 is 4.79 Å². The maximum atomic E-state index is 12.4. The van der Waals surface area contributed by atoms with E-state index in [2.05, 4.69) is 33.5 Å². The fraction of sp³-hybridized carbons (Fsp3) is 0.421. The molecule has 1 saturated heterocycles. The second-order valence-electron chi connectivity index (χ2n) is 6.71. The highest BCUT2D eigenvalue weighted by atomic mass is 16.2. The molecular formula is C19H28N6O. The van der Waals surface area contributed by atoms with Crippen LogP contribution in [0.2, 0.25) is 0 Å². The molecule has 7 nitrogen and oxygen atoms in total. The van der Waals surface area contributed by atoms with E-state index in [9.17, 15) is 4.79 Å². The van der Waals surface area contributed by atoms with Crippen LogP contribution in [0, 0.1) is 0 Å². The van der Waals surface area contributed by atoms with Gasteiger partial charge in [0.2, 0.25) is 0 Å². The molecule has 2 amide bonds. The quantitative estimate of drug-likeness (QED) is 0.440. The predicted octanol–water partition coefficient (Wildman–Crippen LogP) is 1.48. The van der Waals surface area contributed by atoms with E-state index in [1.54, 1.807) is 0 Å².